The number of nitrogens with one attached hydrogen (secondary N) is 2. The third kappa shape index (κ3) is 5.50. The Bertz CT molecular complexity index is 1430. The van der Waals surface area contributed by atoms with Gasteiger partial charge in [-0.25, -0.2) is 0 Å². The second-order valence-corrected chi connectivity index (χ2v) is 15.0. The Balaban J connectivity index is 1.94. The molecule has 0 bridgehead atoms. The average molecular weight is 618 g/mol. The van der Waals surface area contributed by atoms with E-state index >= 15 is 0 Å². The molecule has 0 aromatic heterocycles. The zero-order valence-corrected chi connectivity index (χ0v) is 29.5. The first-order valence-corrected chi connectivity index (χ1v) is 16.4. The maximum Gasteiger partial charge on any atom is 0.114 e. The van der Waals surface area contributed by atoms with Crippen LogP contribution in [0.1, 0.15) is 69.2 Å². The highest BCUT2D eigenvalue weighted by atomic mass is 16.3. The van der Waals surface area contributed by atoms with E-state index in [4.69, 9.17) is 12.3 Å². The summed E-state index contributed by atoms with van der Waals surface area (Å²) >= 11 is 0. The van der Waals surface area contributed by atoms with Crippen LogP contribution in [0.3, 0.4) is 0 Å². The van der Waals surface area contributed by atoms with Crippen LogP contribution in [0.15, 0.2) is 60.5 Å². The molecule has 1 aromatic rings. The number of hydrogen-bond acceptors (Lipinski definition) is 7. The molecule has 45 heavy (non-hydrogen) atoms. The molecule has 0 radical (unpaired) electrons. The van der Waals surface area contributed by atoms with Crippen LogP contribution in [0.25, 0.3) is 5.57 Å². The fourth-order valence-electron chi connectivity index (χ4n) is 9.14. The summed E-state index contributed by atoms with van der Waals surface area (Å²) in [7, 11) is 8.14. The van der Waals surface area contributed by atoms with Gasteiger partial charge in [-0.2, -0.15) is 0 Å². The molecule has 1 aliphatic heterocycles. The monoisotopic (exact) mass is 617 g/mol. The summed E-state index contributed by atoms with van der Waals surface area (Å²) < 4.78 is 0. The molecule has 3 aliphatic rings. The molecule has 7 heteroatoms. The van der Waals surface area contributed by atoms with E-state index in [1.54, 1.807) is 0 Å². The quantitative estimate of drug-likeness (QED) is 0.222. The number of nitrogens with zero attached hydrogens (tertiary/aromatic N) is 2. The minimum absolute atomic E-state index is 0.104. The summed E-state index contributed by atoms with van der Waals surface area (Å²) in [4.78, 5) is 4.23. The Morgan fingerprint density at radius 1 is 1.18 bits per heavy atom. The fourth-order valence-corrected chi connectivity index (χ4v) is 9.14. The molecule has 1 fully saturated rings. The lowest BCUT2D eigenvalue weighted by Gasteiger charge is -2.62. The number of rotatable bonds is 11. The van der Waals surface area contributed by atoms with Crippen LogP contribution >= 0.6 is 0 Å². The van der Waals surface area contributed by atoms with Gasteiger partial charge in [-0.15, -0.1) is 0 Å². The standard InChI is InChI=1S/C38H59N5O2/c1-22(27(6)39)25(4)38(45)26(5)35-24(3)34-23(2)29(19-41-28(7)31-15-14-16-40-31)17-32(42(10)11)30(34)18-36(35,8)21-37(38,9)33(20-44)43(12)13/h17,22,31,33,40-41,44-45H,3-4,6-7,14-16,18-21,39H2,1-2,5,8-13H3/t22?,31?,33?,36-,37-,38+/m0/s1. The van der Waals surface area contributed by atoms with E-state index in [-0.39, 0.29) is 24.0 Å². The normalized spacial score (nSPS) is 29.2. The van der Waals surface area contributed by atoms with Gasteiger partial charge in [-0.05, 0) is 116 Å². The van der Waals surface area contributed by atoms with Crippen LogP contribution < -0.4 is 21.3 Å². The molecule has 6 atom stereocenters. The number of benzene rings is 1. The summed E-state index contributed by atoms with van der Waals surface area (Å²) in [6.45, 7) is 29.8. The van der Waals surface area contributed by atoms with Gasteiger partial charge in [0, 0.05) is 61.1 Å². The molecule has 2 aliphatic carbocycles. The maximum absolute atomic E-state index is 13.2. The van der Waals surface area contributed by atoms with Crippen LogP contribution in [-0.4, -0.2) is 74.1 Å². The van der Waals surface area contributed by atoms with Gasteiger partial charge in [-0.1, -0.05) is 47.1 Å². The fraction of sp³-hybridized carbons (Fsp3) is 0.579. The van der Waals surface area contributed by atoms with Crippen molar-refractivity contribution in [3.63, 3.8) is 0 Å². The molecule has 6 N–H and O–H groups in total. The van der Waals surface area contributed by atoms with Crippen LogP contribution in [0.2, 0.25) is 0 Å². The first-order chi connectivity index (χ1) is 20.9. The van der Waals surface area contributed by atoms with E-state index in [1.807, 2.05) is 32.8 Å². The van der Waals surface area contributed by atoms with Gasteiger partial charge in [0.15, 0.2) is 0 Å². The largest absolute Gasteiger partial charge is 0.402 e. The lowest BCUT2D eigenvalue weighted by Crippen LogP contribution is -2.65. The lowest BCUT2D eigenvalue weighted by molar-refractivity contribution is -0.108. The Labute approximate surface area is 272 Å². The number of aliphatic hydroxyl groups excluding tert-OH is 1. The lowest BCUT2D eigenvalue weighted by atomic mass is 9.46. The smallest absolute Gasteiger partial charge is 0.114 e. The topological polar surface area (TPSA) is 97.0 Å². The second kappa shape index (κ2) is 12.4. The number of hydrogen-bond donors (Lipinski definition) is 5. The van der Waals surface area contributed by atoms with Crippen molar-refractivity contribution in [2.24, 2.45) is 22.5 Å². The van der Waals surface area contributed by atoms with Crippen molar-refractivity contribution in [1.82, 2.24) is 15.5 Å². The number of nitrogens with two attached hydrogens (primary N) is 1. The number of anilines is 1. The highest BCUT2D eigenvalue weighted by Crippen LogP contribution is 2.65. The van der Waals surface area contributed by atoms with Gasteiger partial charge in [0.2, 0.25) is 0 Å². The zero-order valence-electron chi connectivity index (χ0n) is 29.5. The Morgan fingerprint density at radius 3 is 2.33 bits per heavy atom. The van der Waals surface area contributed by atoms with E-state index in [2.05, 4.69) is 76.2 Å². The van der Waals surface area contributed by atoms with Crippen LogP contribution in [0, 0.1) is 23.7 Å². The molecule has 1 heterocycles. The zero-order chi connectivity index (χ0) is 33.8. The molecule has 0 spiro atoms. The van der Waals surface area contributed by atoms with Gasteiger partial charge in [0.25, 0.3) is 0 Å². The minimum Gasteiger partial charge on any atom is -0.402 e. The van der Waals surface area contributed by atoms with Crippen LogP contribution in [0.5, 0.6) is 0 Å². The summed E-state index contributed by atoms with van der Waals surface area (Å²) in [6.07, 6.45) is 3.69. The highest BCUT2D eigenvalue weighted by molar-refractivity contribution is 5.89. The first kappa shape index (κ1) is 35.0. The molecule has 0 saturated carbocycles. The average Bonchev–Trinajstić information content (AvgIpc) is 3.49. The van der Waals surface area contributed by atoms with Crippen molar-refractivity contribution in [3.05, 3.63) is 82.7 Å². The van der Waals surface area contributed by atoms with E-state index in [9.17, 15) is 10.2 Å². The molecule has 1 aromatic carbocycles. The summed E-state index contributed by atoms with van der Waals surface area (Å²) in [6, 6.07) is 2.28. The second-order valence-electron chi connectivity index (χ2n) is 15.0. The molecular formula is C38H59N5O2. The molecule has 248 valence electrons. The van der Waals surface area contributed by atoms with Crippen molar-refractivity contribution >= 4 is 11.3 Å². The first-order valence-electron chi connectivity index (χ1n) is 16.4. The SMILES string of the molecule is C=C1C2=C(C)[C@](O)(C(=C)C(C)C(=C)N)[C@](C)(C(CO)N(C)C)C[C@]2(C)Cc2c(N(C)C)cc(CNC(=C)C3CCCN3)c(C)c21. The predicted molar refractivity (Wildman–Crippen MR) is 190 cm³/mol. The van der Waals surface area contributed by atoms with Crippen molar-refractivity contribution < 1.29 is 10.2 Å². The summed E-state index contributed by atoms with van der Waals surface area (Å²) in [5.74, 6) is -0.331. The van der Waals surface area contributed by atoms with Crippen LogP contribution in [0.4, 0.5) is 5.69 Å². The molecule has 4 rings (SSSR count). The minimum atomic E-state index is -1.47. The van der Waals surface area contributed by atoms with Gasteiger partial charge in [0.1, 0.15) is 5.60 Å². The maximum atomic E-state index is 13.2. The molecule has 7 nitrogen and oxygen atoms in total. The van der Waals surface area contributed by atoms with E-state index in [0.29, 0.717) is 30.3 Å². The summed E-state index contributed by atoms with van der Waals surface area (Å²) in [5.41, 5.74) is 14.6. The van der Waals surface area contributed by atoms with Gasteiger partial charge in [0.05, 0.1) is 6.61 Å². The summed E-state index contributed by atoms with van der Waals surface area (Å²) in [5, 5.41) is 31.1. The highest BCUT2D eigenvalue weighted by Gasteiger charge is 2.63. The van der Waals surface area contributed by atoms with Crippen molar-refractivity contribution in [1.29, 1.82) is 0 Å². The molecule has 0 amide bonds. The number of fused-ring (bicyclic) bond motifs is 2. The Morgan fingerprint density at radius 2 is 1.82 bits per heavy atom. The van der Waals surface area contributed by atoms with Crippen molar-refractivity contribution in [3.8, 4) is 0 Å². The number of aliphatic hydroxyl groups is 2. The van der Waals surface area contributed by atoms with Gasteiger partial charge in [-0.3, -0.25) is 0 Å². The van der Waals surface area contributed by atoms with Crippen LogP contribution in [-0.2, 0) is 13.0 Å². The predicted octanol–water partition coefficient (Wildman–Crippen LogP) is 5.04. The van der Waals surface area contributed by atoms with Gasteiger partial charge < -0.3 is 36.4 Å². The Kier molecular flexibility index (Phi) is 9.65. The van der Waals surface area contributed by atoms with Crippen molar-refractivity contribution in [2.75, 3.05) is 46.2 Å². The van der Waals surface area contributed by atoms with Crippen molar-refractivity contribution in [2.45, 2.75) is 84.5 Å². The number of likely N-dealkylation sites (N-methyl/N-ethyl adjacent to an activating group) is 1. The molecule has 1 saturated heterocycles. The van der Waals surface area contributed by atoms with Gasteiger partial charge >= 0.3 is 0 Å². The van der Waals surface area contributed by atoms with E-state index < -0.39 is 11.0 Å². The number of allylic oxidation sites excluding steroid dienone is 3. The Hall–Kier alpha value is -2.84. The van der Waals surface area contributed by atoms with E-state index in [0.717, 1.165) is 47.4 Å². The van der Waals surface area contributed by atoms with E-state index in [1.165, 1.54) is 28.8 Å². The molecule has 3 unspecified atom stereocenters. The molecular weight excluding hydrogens is 558 g/mol. The third-order valence-corrected chi connectivity index (χ3v) is 11.6. The third-order valence-electron chi connectivity index (χ3n) is 11.6.